The number of rotatable bonds is 5. The molecule has 1 aromatic heterocycles. The molecule has 0 saturated carbocycles. The topological polar surface area (TPSA) is 100.0 Å². The molecule has 2 heterocycles. The van der Waals surface area contributed by atoms with E-state index in [9.17, 15) is 23.5 Å². The molecule has 1 aliphatic rings. The number of halogens is 2. The number of piperidine rings is 1. The molecule has 2 rings (SSSR count). The van der Waals surface area contributed by atoms with Crippen LogP contribution in [0.2, 0.25) is 0 Å². The Morgan fingerprint density at radius 2 is 2.17 bits per heavy atom. The second kappa shape index (κ2) is 6.86. The van der Waals surface area contributed by atoms with Crippen LogP contribution in [0.25, 0.3) is 0 Å². The maximum atomic E-state index is 12.3. The molecule has 2 N–H and O–H groups in total. The van der Waals surface area contributed by atoms with Gasteiger partial charge in [0.1, 0.15) is 0 Å². The van der Waals surface area contributed by atoms with E-state index in [2.05, 4.69) is 4.98 Å². The highest BCUT2D eigenvalue weighted by molar-refractivity contribution is 5.94. The van der Waals surface area contributed by atoms with E-state index in [1.54, 1.807) is 0 Å². The van der Waals surface area contributed by atoms with Crippen LogP contribution in [0.3, 0.4) is 0 Å². The summed E-state index contributed by atoms with van der Waals surface area (Å²) in [6.07, 6.45) is -1.03. The Balaban J connectivity index is 2.04. The van der Waals surface area contributed by atoms with Crippen LogP contribution in [0.4, 0.5) is 8.78 Å². The number of aliphatic carboxylic acids is 1. The second-order valence-corrected chi connectivity index (χ2v) is 5.25. The lowest BCUT2D eigenvalue weighted by atomic mass is 9.92. The SMILES string of the molecule is O=C(c1ccc(OCC(F)F)nc1)N1CCCC(O)(C(=O)O)C1. The zero-order valence-corrected chi connectivity index (χ0v) is 12.1. The van der Waals surface area contributed by atoms with Crippen molar-refractivity contribution in [2.75, 3.05) is 19.7 Å². The number of hydrogen-bond acceptors (Lipinski definition) is 5. The number of nitrogens with zero attached hydrogens (tertiary/aromatic N) is 2. The quantitative estimate of drug-likeness (QED) is 0.827. The maximum Gasteiger partial charge on any atom is 0.337 e. The molecular formula is C14H16F2N2O5. The fourth-order valence-electron chi connectivity index (χ4n) is 2.31. The van der Waals surface area contributed by atoms with Crippen LogP contribution in [-0.2, 0) is 4.79 Å². The molecule has 0 aromatic carbocycles. The van der Waals surface area contributed by atoms with Gasteiger partial charge in [-0.25, -0.2) is 18.6 Å². The molecule has 1 aromatic rings. The molecule has 1 amide bonds. The predicted octanol–water partition coefficient (Wildman–Crippen LogP) is 0.777. The minimum atomic E-state index is -2.62. The number of carbonyl (C=O) groups is 2. The fraction of sp³-hybridized carbons (Fsp3) is 0.500. The van der Waals surface area contributed by atoms with E-state index in [0.717, 1.165) is 6.20 Å². The molecule has 0 aliphatic carbocycles. The van der Waals surface area contributed by atoms with Crippen LogP contribution < -0.4 is 4.74 Å². The third kappa shape index (κ3) is 4.13. The fourth-order valence-corrected chi connectivity index (χ4v) is 2.31. The minimum Gasteiger partial charge on any atom is -0.479 e. The van der Waals surface area contributed by atoms with Gasteiger partial charge >= 0.3 is 5.97 Å². The van der Waals surface area contributed by atoms with Crippen molar-refractivity contribution in [3.8, 4) is 5.88 Å². The summed E-state index contributed by atoms with van der Waals surface area (Å²) in [4.78, 5) is 28.4. The number of aliphatic hydroxyl groups is 1. The van der Waals surface area contributed by atoms with Crippen molar-refractivity contribution >= 4 is 11.9 Å². The van der Waals surface area contributed by atoms with Gasteiger partial charge in [0.15, 0.2) is 12.2 Å². The smallest absolute Gasteiger partial charge is 0.337 e. The largest absolute Gasteiger partial charge is 0.479 e. The Kier molecular flexibility index (Phi) is 5.09. The van der Waals surface area contributed by atoms with Crippen molar-refractivity contribution in [3.63, 3.8) is 0 Å². The summed E-state index contributed by atoms with van der Waals surface area (Å²) < 4.78 is 28.8. The number of alkyl halides is 2. The second-order valence-electron chi connectivity index (χ2n) is 5.25. The van der Waals surface area contributed by atoms with Crippen LogP contribution in [0, 0.1) is 0 Å². The molecular weight excluding hydrogens is 314 g/mol. The summed E-state index contributed by atoms with van der Waals surface area (Å²) in [7, 11) is 0. The number of amides is 1. The third-order valence-electron chi connectivity index (χ3n) is 3.50. The molecule has 0 spiro atoms. The summed E-state index contributed by atoms with van der Waals surface area (Å²) in [6, 6.07) is 2.63. The first-order valence-electron chi connectivity index (χ1n) is 6.94. The number of pyridine rings is 1. The number of β-amino-alcohol motifs (C(OH)–C–C–N with tert-alkyl or cyclic N) is 1. The normalized spacial score (nSPS) is 21.3. The molecule has 0 radical (unpaired) electrons. The van der Waals surface area contributed by atoms with E-state index in [1.165, 1.54) is 17.0 Å². The van der Waals surface area contributed by atoms with Crippen LogP contribution in [0.5, 0.6) is 5.88 Å². The van der Waals surface area contributed by atoms with E-state index in [-0.39, 0.29) is 24.4 Å². The zero-order chi connectivity index (χ0) is 17.0. The Labute approximate surface area is 130 Å². The number of ether oxygens (including phenoxy) is 1. The Morgan fingerprint density at radius 1 is 1.43 bits per heavy atom. The lowest BCUT2D eigenvalue weighted by Crippen LogP contribution is -2.54. The zero-order valence-electron chi connectivity index (χ0n) is 12.1. The highest BCUT2D eigenvalue weighted by Gasteiger charge is 2.41. The van der Waals surface area contributed by atoms with Crippen LogP contribution >= 0.6 is 0 Å². The van der Waals surface area contributed by atoms with Gasteiger partial charge in [0.2, 0.25) is 5.88 Å². The molecule has 7 nitrogen and oxygen atoms in total. The highest BCUT2D eigenvalue weighted by atomic mass is 19.3. The summed E-state index contributed by atoms with van der Waals surface area (Å²) in [5.74, 6) is -1.90. The maximum absolute atomic E-state index is 12.3. The lowest BCUT2D eigenvalue weighted by Gasteiger charge is -2.36. The molecule has 1 saturated heterocycles. The number of aromatic nitrogens is 1. The Bertz CT molecular complexity index is 581. The van der Waals surface area contributed by atoms with Gasteiger partial charge in [0, 0.05) is 18.8 Å². The molecule has 1 atom stereocenters. The van der Waals surface area contributed by atoms with E-state index in [1.807, 2.05) is 0 Å². The van der Waals surface area contributed by atoms with Crippen molar-refractivity contribution in [2.45, 2.75) is 24.9 Å². The van der Waals surface area contributed by atoms with Crippen molar-refractivity contribution in [1.82, 2.24) is 9.88 Å². The van der Waals surface area contributed by atoms with Crippen molar-refractivity contribution < 1.29 is 33.3 Å². The number of carboxylic acids is 1. The average molecular weight is 330 g/mol. The standard InChI is InChI=1S/C14H16F2N2O5/c15-10(16)7-23-11-3-2-9(6-17-11)12(19)18-5-1-4-14(22,8-18)13(20)21/h2-3,6,10,22H,1,4-5,7-8H2,(H,20,21). The molecule has 1 aliphatic heterocycles. The highest BCUT2D eigenvalue weighted by Crippen LogP contribution is 2.23. The molecule has 23 heavy (non-hydrogen) atoms. The number of carbonyl (C=O) groups excluding carboxylic acids is 1. The van der Waals surface area contributed by atoms with Crippen LogP contribution in [0.15, 0.2) is 18.3 Å². The summed E-state index contributed by atoms with van der Waals surface area (Å²) in [5.41, 5.74) is -1.80. The van der Waals surface area contributed by atoms with Crippen molar-refractivity contribution in [1.29, 1.82) is 0 Å². The van der Waals surface area contributed by atoms with Gasteiger partial charge in [-0.3, -0.25) is 4.79 Å². The van der Waals surface area contributed by atoms with Gasteiger partial charge in [-0.15, -0.1) is 0 Å². The summed E-state index contributed by atoms with van der Waals surface area (Å²) in [5, 5.41) is 19.0. The Hall–Kier alpha value is -2.29. The van der Waals surface area contributed by atoms with Gasteiger partial charge in [0.25, 0.3) is 12.3 Å². The van der Waals surface area contributed by atoms with Crippen molar-refractivity contribution in [2.24, 2.45) is 0 Å². The lowest BCUT2D eigenvalue weighted by molar-refractivity contribution is -0.163. The van der Waals surface area contributed by atoms with Crippen molar-refractivity contribution in [3.05, 3.63) is 23.9 Å². The van der Waals surface area contributed by atoms with Gasteiger partial charge < -0.3 is 19.8 Å². The predicted molar refractivity (Wildman–Crippen MR) is 73.5 cm³/mol. The Morgan fingerprint density at radius 3 is 2.74 bits per heavy atom. The number of hydrogen-bond donors (Lipinski definition) is 2. The number of carboxylic acid groups (broad SMARTS) is 1. The average Bonchev–Trinajstić information content (AvgIpc) is 2.52. The molecule has 0 bridgehead atoms. The molecule has 126 valence electrons. The number of likely N-dealkylation sites (tertiary alicyclic amines) is 1. The first-order valence-corrected chi connectivity index (χ1v) is 6.94. The molecule has 1 unspecified atom stereocenters. The van der Waals surface area contributed by atoms with E-state index in [4.69, 9.17) is 9.84 Å². The first-order chi connectivity index (χ1) is 10.8. The third-order valence-corrected chi connectivity index (χ3v) is 3.50. The van der Waals surface area contributed by atoms with E-state index >= 15 is 0 Å². The van der Waals surface area contributed by atoms with E-state index < -0.39 is 30.5 Å². The molecule has 9 heteroatoms. The first kappa shape index (κ1) is 17.1. The van der Waals surface area contributed by atoms with Gasteiger partial charge in [-0.05, 0) is 18.9 Å². The van der Waals surface area contributed by atoms with Gasteiger partial charge in [0.05, 0.1) is 12.1 Å². The van der Waals surface area contributed by atoms with Gasteiger partial charge in [-0.1, -0.05) is 0 Å². The summed E-state index contributed by atoms with van der Waals surface area (Å²) >= 11 is 0. The van der Waals surface area contributed by atoms with Crippen LogP contribution in [0.1, 0.15) is 23.2 Å². The monoisotopic (exact) mass is 330 g/mol. The van der Waals surface area contributed by atoms with Gasteiger partial charge in [-0.2, -0.15) is 0 Å². The molecule has 1 fully saturated rings. The minimum absolute atomic E-state index is 0.0393. The van der Waals surface area contributed by atoms with Crippen LogP contribution in [-0.4, -0.2) is 63.7 Å². The van der Waals surface area contributed by atoms with E-state index in [0.29, 0.717) is 13.0 Å². The summed E-state index contributed by atoms with van der Waals surface area (Å²) in [6.45, 7) is -0.791.